The summed E-state index contributed by atoms with van der Waals surface area (Å²) in [7, 11) is 2.89. The summed E-state index contributed by atoms with van der Waals surface area (Å²) in [5, 5.41) is 0.621. The Morgan fingerprint density at radius 3 is 2.36 bits per heavy atom. The van der Waals surface area contributed by atoms with Gasteiger partial charge in [0, 0.05) is 17.7 Å². The van der Waals surface area contributed by atoms with Crippen LogP contribution < -0.4 is 4.74 Å². The van der Waals surface area contributed by atoms with Crippen molar-refractivity contribution in [3.05, 3.63) is 64.7 Å². The van der Waals surface area contributed by atoms with E-state index in [9.17, 15) is 4.79 Å². The molecular weight excluding hydrogens is 338 g/mol. The van der Waals surface area contributed by atoms with Crippen molar-refractivity contribution in [3.63, 3.8) is 0 Å². The Hall–Kier alpha value is -2.77. The van der Waals surface area contributed by atoms with Crippen molar-refractivity contribution in [2.24, 2.45) is 4.99 Å². The molecule has 1 unspecified atom stereocenters. The Morgan fingerprint density at radius 2 is 1.84 bits per heavy atom. The number of aliphatic imine (C=N–C) groups is 1. The van der Waals surface area contributed by atoms with Gasteiger partial charge in [0.1, 0.15) is 5.75 Å². The van der Waals surface area contributed by atoms with Gasteiger partial charge in [-0.05, 0) is 35.4 Å². The Labute approximate surface area is 152 Å². The molecule has 5 heteroatoms. The second-order valence-corrected chi connectivity index (χ2v) is 5.71. The highest BCUT2D eigenvalue weighted by molar-refractivity contribution is 6.30. The topological polar surface area (TPSA) is 47.9 Å². The summed E-state index contributed by atoms with van der Waals surface area (Å²) in [5.74, 6) is 2.67. The first kappa shape index (κ1) is 18.6. The lowest BCUT2D eigenvalue weighted by Crippen LogP contribution is -2.35. The molecule has 2 aromatic rings. The van der Waals surface area contributed by atoms with Crippen LogP contribution in [-0.2, 0) is 15.1 Å². The molecule has 4 nitrogen and oxygen atoms in total. The SMILES string of the molecule is C#CCC(/N=C/c1ccc(Cl)cc1)(C(=O)OC)c1ccc(OC)cc1. The number of hydrogen-bond donors (Lipinski definition) is 0. The van der Waals surface area contributed by atoms with Crippen LogP contribution in [0.5, 0.6) is 5.75 Å². The van der Waals surface area contributed by atoms with E-state index in [1.807, 2.05) is 0 Å². The molecule has 0 aromatic heterocycles. The van der Waals surface area contributed by atoms with E-state index < -0.39 is 11.5 Å². The predicted octanol–water partition coefficient (Wildman–Crippen LogP) is 3.86. The second kappa shape index (κ2) is 8.36. The Bertz CT molecular complexity index is 791. The zero-order valence-electron chi connectivity index (χ0n) is 14.0. The molecule has 0 heterocycles. The fourth-order valence-corrected chi connectivity index (χ4v) is 2.51. The number of carbonyl (C=O) groups excluding carboxylic acids is 1. The van der Waals surface area contributed by atoms with E-state index in [1.54, 1.807) is 61.9 Å². The minimum Gasteiger partial charge on any atom is -0.497 e. The van der Waals surface area contributed by atoms with Crippen LogP contribution >= 0.6 is 11.6 Å². The molecule has 25 heavy (non-hydrogen) atoms. The number of terminal acetylenes is 1. The summed E-state index contributed by atoms with van der Waals surface area (Å²) in [4.78, 5) is 17.1. The summed E-state index contributed by atoms with van der Waals surface area (Å²) in [6, 6.07) is 14.1. The molecule has 0 aliphatic carbocycles. The van der Waals surface area contributed by atoms with Crippen molar-refractivity contribution in [2.75, 3.05) is 14.2 Å². The average Bonchev–Trinajstić information content (AvgIpc) is 2.66. The summed E-state index contributed by atoms with van der Waals surface area (Å²) in [5.41, 5.74) is 0.0987. The molecule has 0 amide bonds. The summed E-state index contributed by atoms with van der Waals surface area (Å²) < 4.78 is 10.1. The highest BCUT2D eigenvalue weighted by Crippen LogP contribution is 2.32. The van der Waals surface area contributed by atoms with Crippen LogP contribution in [0.1, 0.15) is 17.5 Å². The number of ether oxygens (including phenoxy) is 2. The van der Waals surface area contributed by atoms with Crippen molar-refractivity contribution in [1.29, 1.82) is 0 Å². The first-order valence-corrected chi connectivity index (χ1v) is 7.90. The van der Waals surface area contributed by atoms with Gasteiger partial charge in [0.15, 0.2) is 5.54 Å². The number of rotatable bonds is 6. The van der Waals surface area contributed by atoms with Crippen molar-refractivity contribution in [2.45, 2.75) is 12.0 Å². The van der Waals surface area contributed by atoms with E-state index in [4.69, 9.17) is 27.5 Å². The molecule has 0 spiro atoms. The number of methoxy groups -OCH3 is 2. The molecule has 2 aromatic carbocycles. The number of hydrogen-bond acceptors (Lipinski definition) is 4. The van der Waals surface area contributed by atoms with Crippen LogP contribution in [-0.4, -0.2) is 26.4 Å². The largest absolute Gasteiger partial charge is 0.497 e. The van der Waals surface area contributed by atoms with Gasteiger partial charge in [-0.3, -0.25) is 4.99 Å². The van der Waals surface area contributed by atoms with E-state index in [0.29, 0.717) is 16.3 Å². The van der Waals surface area contributed by atoms with Gasteiger partial charge in [0.05, 0.1) is 14.2 Å². The van der Waals surface area contributed by atoms with E-state index in [1.165, 1.54) is 7.11 Å². The molecule has 0 aliphatic rings. The summed E-state index contributed by atoms with van der Waals surface area (Å²) >= 11 is 5.89. The Kier molecular flexibility index (Phi) is 6.21. The van der Waals surface area contributed by atoms with Gasteiger partial charge in [-0.15, -0.1) is 12.3 Å². The molecule has 0 saturated heterocycles. The average molecular weight is 356 g/mol. The Balaban J connectivity index is 2.51. The van der Waals surface area contributed by atoms with Crippen LogP contribution in [0.25, 0.3) is 0 Å². The molecule has 2 rings (SSSR count). The standard InChI is InChI=1S/C20H18ClNO3/c1-4-13-20(19(23)25-3,16-7-11-18(24-2)12-8-16)22-14-15-5-9-17(21)10-6-15/h1,5-12,14H,13H2,2-3H3/b22-14+. The van der Waals surface area contributed by atoms with Crippen LogP contribution in [0.2, 0.25) is 5.02 Å². The lowest BCUT2D eigenvalue weighted by Gasteiger charge is -2.25. The molecule has 0 fully saturated rings. The molecule has 0 aliphatic heterocycles. The maximum absolute atomic E-state index is 12.6. The smallest absolute Gasteiger partial charge is 0.339 e. The lowest BCUT2D eigenvalue weighted by atomic mass is 9.87. The van der Waals surface area contributed by atoms with Crippen LogP contribution in [0.3, 0.4) is 0 Å². The minimum atomic E-state index is -1.32. The van der Waals surface area contributed by atoms with Gasteiger partial charge in [0.25, 0.3) is 0 Å². The predicted molar refractivity (Wildman–Crippen MR) is 99.2 cm³/mol. The normalized spacial score (nSPS) is 13.0. The fourth-order valence-electron chi connectivity index (χ4n) is 2.38. The third kappa shape index (κ3) is 4.20. The third-order valence-corrected chi connectivity index (χ3v) is 4.00. The van der Waals surface area contributed by atoms with E-state index in [-0.39, 0.29) is 6.42 Å². The molecule has 0 radical (unpaired) electrons. The maximum atomic E-state index is 12.6. The maximum Gasteiger partial charge on any atom is 0.339 e. The van der Waals surface area contributed by atoms with Crippen LogP contribution in [0.15, 0.2) is 53.5 Å². The molecule has 1 atom stereocenters. The molecule has 128 valence electrons. The van der Waals surface area contributed by atoms with E-state index in [2.05, 4.69) is 10.9 Å². The Morgan fingerprint density at radius 1 is 1.20 bits per heavy atom. The highest BCUT2D eigenvalue weighted by atomic mass is 35.5. The van der Waals surface area contributed by atoms with E-state index in [0.717, 1.165) is 5.56 Å². The number of carbonyl (C=O) groups is 1. The van der Waals surface area contributed by atoms with Gasteiger partial charge < -0.3 is 9.47 Å². The van der Waals surface area contributed by atoms with Crippen molar-refractivity contribution >= 4 is 23.8 Å². The third-order valence-electron chi connectivity index (χ3n) is 3.75. The quantitative estimate of drug-likeness (QED) is 0.449. The van der Waals surface area contributed by atoms with Crippen molar-refractivity contribution in [3.8, 4) is 18.1 Å². The van der Waals surface area contributed by atoms with Gasteiger partial charge in [-0.25, -0.2) is 4.79 Å². The molecule has 0 saturated carbocycles. The summed E-state index contributed by atoms with van der Waals surface area (Å²) in [6.45, 7) is 0. The fraction of sp³-hybridized carbons (Fsp3) is 0.200. The van der Waals surface area contributed by atoms with Gasteiger partial charge in [-0.1, -0.05) is 35.9 Å². The van der Waals surface area contributed by atoms with Gasteiger partial charge >= 0.3 is 5.97 Å². The molecular formula is C20H18ClNO3. The van der Waals surface area contributed by atoms with Crippen molar-refractivity contribution < 1.29 is 14.3 Å². The van der Waals surface area contributed by atoms with E-state index >= 15 is 0 Å². The number of benzene rings is 2. The van der Waals surface area contributed by atoms with Gasteiger partial charge in [0.2, 0.25) is 0 Å². The number of nitrogens with zero attached hydrogens (tertiary/aromatic N) is 1. The zero-order chi connectivity index (χ0) is 18.3. The minimum absolute atomic E-state index is 0.0656. The summed E-state index contributed by atoms with van der Waals surface area (Å²) in [6.07, 6.45) is 7.17. The number of halogens is 1. The van der Waals surface area contributed by atoms with Gasteiger partial charge in [-0.2, -0.15) is 0 Å². The van der Waals surface area contributed by atoms with Crippen LogP contribution in [0, 0.1) is 12.3 Å². The molecule has 0 N–H and O–H groups in total. The second-order valence-electron chi connectivity index (χ2n) is 5.27. The first-order valence-electron chi connectivity index (χ1n) is 7.53. The molecule has 0 bridgehead atoms. The van der Waals surface area contributed by atoms with Crippen molar-refractivity contribution in [1.82, 2.24) is 0 Å². The highest BCUT2D eigenvalue weighted by Gasteiger charge is 2.40. The monoisotopic (exact) mass is 355 g/mol. The lowest BCUT2D eigenvalue weighted by molar-refractivity contribution is -0.147. The van der Waals surface area contributed by atoms with Crippen LogP contribution in [0.4, 0.5) is 0 Å². The first-order chi connectivity index (χ1) is 12.1. The zero-order valence-corrected chi connectivity index (χ0v) is 14.8. The number of esters is 1.